The Morgan fingerprint density at radius 2 is 2.29 bits per heavy atom. The molecular weight excluding hydrogens is 236 g/mol. The molecule has 4 nitrogen and oxygen atoms in total. The smallest absolute Gasteiger partial charge is 0.236 e. The fourth-order valence-electron chi connectivity index (χ4n) is 1.19. The van der Waals surface area contributed by atoms with E-state index in [1.807, 2.05) is 13.0 Å². The van der Waals surface area contributed by atoms with E-state index in [1.165, 1.54) is 0 Å². The van der Waals surface area contributed by atoms with E-state index in [9.17, 15) is 4.79 Å². The van der Waals surface area contributed by atoms with Crippen LogP contribution in [0.5, 0.6) is 0 Å². The molecule has 17 heavy (non-hydrogen) atoms. The maximum Gasteiger partial charge on any atom is 0.236 e. The van der Waals surface area contributed by atoms with Crippen LogP contribution in [0.25, 0.3) is 0 Å². The molecule has 1 unspecified atom stereocenters. The largest absolute Gasteiger partial charge is 0.385 e. The molecule has 0 aliphatic carbocycles. The standard InChI is InChI=1S/C12H24N2O2S/c1-4-9-17-10-7-13-11(2)12(15)14-6-5-8-16-3/h4,11,13H,1,5-10H2,2-3H3,(H,14,15). The third-order valence-corrected chi connectivity index (χ3v) is 3.11. The van der Waals surface area contributed by atoms with Gasteiger partial charge in [-0.25, -0.2) is 0 Å². The number of nitrogens with one attached hydrogen (secondary N) is 2. The van der Waals surface area contributed by atoms with Crippen molar-refractivity contribution in [2.45, 2.75) is 19.4 Å². The van der Waals surface area contributed by atoms with Crippen molar-refractivity contribution in [3.63, 3.8) is 0 Å². The molecule has 0 rings (SSSR count). The van der Waals surface area contributed by atoms with Crippen molar-refractivity contribution in [2.75, 3.05) is 38.3 Å². The Balaban J connectivity index is 3.43. The molecule has 0 bridgehead atoms. The Bertz CT molecular complexity index is 213. The fourth-order valence-corrected chi connectivity index (χ4v) is 1.78. The molecule has 0 saturated heterocycles. The maximum atomic E-state index is 11.6. The normalized spacial score (nSPS) is 12.1. The van der Waals surface area contributed by atoms with Gasteiger partial charge in [0, 0.05) is 38.3 Å². The summed E-state index contributed by atoms with van der Waals surface area (Å²) < 4.78 is 4.91. The summed E-state index contributed by atoms with van der Waals surface area (Å²) in [5, 5.41) is 6.05. The van der Waals surface area contributed by atoms with Crippen LogP contribution < -0.4 is 10.6 Å². The van der Waals surface area contributed by atoms with Crippen LogP contribution in [0.4, 0.5) is 0 Å². The van der Waals surface area contributed by atoms with Gasteiger partial charge in [-0.15, -0.1) is 6.58 Å². The Morgan fingerprint density at radius 3 is 2.94 bits per heavy atom. The average Bonchev–Trinajstić information content (AvgIpc) is 2.34. The summed E-state index contributed by atoms with van der Waals surface area (Å²) >= 11 is 1.80. The molecule has 1 atom stereocenters. The van der Waals surface area contributed by atoms with Gasteiger partial charge in [0.15, 0.2) is 0 Å². The minimum absolute atomic E-state index is 0.0508. The van der Waals surface area contributed by atoms with E-state index in [-0.39, 0.29) is 11.9 Å². The molecule has 5 heteroatoms. The predicted octanol–water partition coefficient (Wildman–Crippen LogP) is 1.04. The zero-order valence-electron chi connectivity index (χ0n) is 10.8. The van der Waals surface area contributed by atoms with Crippen LogP contribution in [0.1, 0.15) is 13.3 Å². The minimum Gasteiger partial charge on any atom is -0.385 e. The van der Waals surface area contributed by atoms with Crippen LogP contribution in [0.3, 0.4) is 0 Å². The molecule has 0 spiro atoms. The highest BCUT2D eigenvalue weighted by Gasteiger charge is 2.10. The van der Waals surface area contributed by atoms with Gasteiger partial charge in [-0.1, -0.05) is 6.08 Å². The maximum absolute atomic E-state index is 11.6. The van der Waals surface area contributed by atoms with Gasteiger partial charge in [0.25, 0.3) is 0 Å². The number of carbonyl (C=O) groups excluding carboxylic acids is 1. The first-order valence-corrected chi connectivity index (χ1v) is 7.06. The molecule has 0 radical (unpaired) electrons. The van der Waals surface area contributed by atoms with Crippen LogP contribution in [0.2, 0.25) is 0 Å². The van der Waals surface area contributed by atoms with E-state index in [4.69, 9.17) is 4.74 Å². The third kappa shape index (κ3) is 10.4. The van der Waals surface area contributed by atoms with Gasteiger partial charge < -0.3 is 15.4 Å². The van der Waals surface area contributed by atoms with Crippen molar-refractivity contribution in [2.24, 2.45) is 0 Å². The first-order valence-electron chi connectivity index (χ1n) is 5.91. The number of rotatable bonds is 11. The average molecular weight is 260 g/mol. The van der Waals surface area contributed by atoms with Crippen LogP contribution in [-0.4, -0.2) is 50.3 Å². The molecule has 0 fully saturated rings. The number of methoxy groups -OCH3 is 1. The summed E-state index contributed by atoms with van der Waals surface area (Å²) in [5.74, 6) is 2.00. The molecule has 0 aliphatic rings. The zero-order chi connectivity index (χ0) is 12.9. The summed E-state index contributed by atoms with van der Waals surface area (Å²) in [4.78, 5) is 11.6. The monoisotopic (exact) mass is 260 g/mol. The van der Waals surface area contributed by atoms with Crippen LogP contribution in [0, 0.1) is 0 Å². The quantitative estimate of drug-likeness (QED) is 0.430. The number of ether oxygens (including phenoxy) is 1. The molecule has 100 valence electrons. The van der Waals surface area contributed by atoms with Crippen molar-refractivity contribution in [3.8, 4) is 0 Å². The van der Waals surface area contributed by atoms with Gasteiger partial charge in [0.2, 0.25) is 5.91 Å². The molecule has 0 aliphatic heterocycles. The van der Waals surface area contributed by atoms with Gasteiger partial charge in [-0.05, 0) is 13.3 Å². The van der Waals surface area contributed by atoms with Crippen molar-refractivity contribution in [3.05, 3.63) is 12.7 Å². The summed E-state index contributed by atoms with van der Waals surface area (Å²) in [5.41, 5.74) is 0. The lowest BCUT2D eigenvalue weighted by atomic mass is 10.3. The highest BCUT2D eigenvalue weighted by molar-refractivity contribution is 7.99. The SMILES string of the molecule is C=CCSCCNC(C)C(=O)NCCCOC. The number of amides is 1. The van der Waals surface area contributed by atoms with Gasteiger partial charge in [-0.2, -0.15) is 11.8 Å². The Labute approximate surface area is 109 Å². The molecule has 2 N–H and O–H groups in total. The molecule has 0 heterocycles. The van der Waals surface area contributed by atoms with E-state index < -0.39 is 0 Å². The lowest BCUT2D eigenvalue weighted by Gasteiger charge is -2.13. The number of hydrogen-bond donors (Lipinski definition) is 2. The number of hydrogen-bond acceptors (Lipinski definition) is 4. The van der Waals surface area contributed by atoms with Crippen LogP contribution in [0.15, 0.2) is 12.7 Å². The Hall–Kier alpha value is -0.520. The number of carbonyl (C=O) groups is 1. The first-order chi connectivity index (χ1) is 8.22. The highest BCUT2D eigenvalue weighted by Crippen LogP contribution is 1.97. The van der Waals surface area contributed by atoms with E-state index in [0.717, 1.165) is 24.5 Å². The zero-order valence-corrected chi connectivity index (χ0v) is 11.6. The Morgan fingerprint density at radius 1 is 1.53 bits per heavy atom. The summed E-state index contributed by atoms with van der Waals surface area (Å²) in [6, 6.07) is -0.137. The minimum atomic E-state index is -0.137. The van der Waals surface area contributed by atoms with Gasteiger partial charge >= 0.3 is 0 Å². The van der Waals surface area contributed by atoms with Crippen LogP contribution >= 0.6 is 11.8 Å². The lowest BCUT2D eigenvalue weighted by Crippen LogP contribution is -2.43. The van der Waals surface area contributed by atoms with Gasteiger partial charge in [0.05, 0.1) is 6.04 Å². The van der Waals surface area contributed by atoms with Crippen molar-refractivity contribution < 1.29 is 9.53 Å². The summed E-state index contributed by atoms with van der Waals surface area (Å²) in [7, 11) is 1.66. The molecular formula is C12H24N2O2S. The predicted molar refractivity (Wildman–Crippen MR) is 74.5 cm³/mol. The summed E-state index contributed by atoms with van der Waals surface area (Å²) in [6.07, 6.45) is 2.74. The van der Waals surface area contributed by atoms with E-state index in [1.54, 1.807) is 18.9 Å². The number of thioether (sulfide) groups is 1. The van der Waals surface area contributed by atoms with Crippen molar-refractivity contribution in [1.29, 1.82) is 0 Å². The van der Waals surface area contributed by atoms with E-state index in [0.29, 0.717) is 13.2 Å². The molecule has 0 aromatic heterocycles. The second-order valence-electron chi connectivity index (χ2n) is 3.68. The topological polar surface area (TPSA) is 50.4 Å². The second-order valence-corrected chi connectivity index (χ2v) is 4.83. The third-order valence-electron chi connectivity index (χ3n) is 2.15. The Kier molecular flexibility index (Phi) is 11.6. The van der Waals surface area contributed by atoms with Crippen LogP contribution in [-0.2, 0) is 9.53 Å². The fraction of sp³-hybridized carbons (Fsp3) is 0.750. The van der Waals surface area contributed by atoms with E-state index >= 15 is 0 Å². The molecule has 1 amide bonds. The second kappa shape index (κ2) is 12.0. The molecule has 0 aromatic carbocycles. The van der Waals surface area contributed by atoms with E-state index in [2.05, 4.69) is 17.2 Å². The first kappa shape index (κ1) is 16.5. The molecule has 0 saturated carbocycles. The van der Waals surface area contributed by atoms with Crippen molar-refractivity contribution in [1.82, 2.24) is 10.6 Å². The summed E-state index contributed by atoms with van der Waals surface area (Å²) in [6.45, 7) is 7.72. The van der Waals surface area contributed by atoms with Gasteiger partial charge in [-0.3, -0.25) is 4.79 Å². The van der Waals surface area contributed by atoms with Gasteiger partial charge in [0.1, 0.15) is 0 Å². The highest BCUT2D eigenvalue weighted by atomic mass is 32.2. The lowest BCUT2D eigenvalue weighted by molar-refractivity contribution is -0.122. The molecule has 0 aromatic rings. The van der Waals surface area contributed by atoms with Crippen molar-refractivity contribution >= 4 is 17.7 Å².